The van der Waals surface area contributed by atoms with Gasteiger partial charge in [0.05, 0.1) is 12.6 Å². The van der Waals surface area contributed by atoms with Gasteiger partial charge in [-0.15, -0.1) is 0 Å². The van der Waals surface area contributed by atoms with Gasteiger partial charge in [-0.05, 0) is 43.8 Å². The smallest absolute Gasteiger partial charge is 0.243 e. The highest BCUT2D eigenvalue weighted by Gasteiger charge is 2.17. The van der Waals surface area contributed by atoms with E-state index in [-0.39, 0.29) is 24.4 Å². The molecule has 0 heterocycles. The summed E-state index contributed by atoms with van der Waals surface area (Å²) in [5, 5.41) is 11.5. The Bertz CT molecular complexity index is 702. The largest absolute Gasteiger partial charge is 0.346 e. The van der Waals surface area contributed by atoms with E-state index in [1.807, 2.05) is 75.5 Å². The van der Waals surface area contributed by atoms with E-state index in [2.05, 4.69) is 21.3 Å². The molecule has 6 nitrogen and oxygen atoms in total. The zero-order valence-corrected chi connectivity index (χ0v) is 17.2. The Morgan fingerprint density at radius 1 is 0.893 bits per heavy atom. The molecule has 1 atom stereocenters. The molecular formula is C22H32N4O2. The van der Waals surface area contributed by atoms with Gasteiger partial charge < -0.3 is 21.3 Å². The summed E-state index contributed by atoms with van der Waals surface area (Å²) in [5.74, 6) is -0.454. The quantitative estimate of drug-likeness (QED) is 0.535. The maximum Gasteiger partial charge on any atom is 0.243 e. The molecule has 0 fully saturated rings. The maximum atomic E-state index is 12.3. The van der Waals surface area contributed by atoms with Crippen molar-refractivity contribution in [3.63, 3.8) is 0 Å². The zero-order valence-electron chi connectivity index (χ0n) is 17.2. The van der Waals surface area contributed by atoms with Gasteiger partial charge >= 0.3 is 0 Å². The van der Waals surface area contributed by atoms with Crippen LogP contribution in [0.25, 0.3) is 0 Å². The second-order valence-electron chi connectivity index (χ2n) is 6.02. The van der Waals surface area contributed by atoms with Crippen molar-refractivity contribution < 1.29 is 9.59 Å². The van der Waals surface area contributed by atoms with E-state index in [1.54, 1.807) is 7.05 Å². The predicted molar refractivity (Wildman–Crippen MR) is 115 cm³/mol. The highest BCUT2D eigenvalue weighted by Crippen LogP contribution is 2.09. The minimum absolute atomic E-state index is 0.0654. The van der Waals surface area contributed by atoms with Gasteiger partial charge in [-0.1, -0.05) is 56.3 Å². The summed E-state index contributed by atoms with van der Waals surface area (Å²) in [4.78, 5) is 24.3. The molecule has 4 N–H and O–H groups in total. The first-order valence-electron chi connectivity index (χ1n) is 9.64. The molecule has 6 heteroatoms. The maximum absolute atomic E-state index is 12.3. The average Bonchev–Trinajstić information content (AvgIpc) is 2.74. The van der Waals surface area contributed by atoms with E-state index < -0.39 is 0 Å². The number of rotatable bonds is 9. The summed E-state index contributed by atoms with van der Waals surface area (Å²) in [6, 6.07) is 17.0. The van der Waals surface area contributed by atoms with Gasteiger partial charge in [0.25, 0.3) is 0 Å². The Morgan fingerprint density at radius 3 is 2.11 bits per heavy atom. The molecule has 2 rings (SSSR count). The van der Waals surface area contributed by atoms with Gasteiger partial charge in [0.15, 0.2) is 0 Å². The van der Waals surface area contributed by atoms with Crippen LogP contribution in [0.5, 0.6) is 0 Å². The molecule has 0 aliphatic carbocycles. The number of nitrogens with one attached hydrogen (secondary N) is 4. The second kappa shape index (κ2) is 13.5. The zero-order chi connectivity index (χ0) is 20.8. The van der Waals surface area contributed by atoms with E-state index in [0.29, 0.717) is 12.1 Å². The van der Waals surface area contributed by atoms with Crippen molar-refractivity contribution in [3.8, 4) is 0 Å². The van der Waals surface area contributed by atoms with Crippen LogP contribution in [0.4, 0.5) is 5.69 Å². The molecule has 0 aromatic heterocycles. The predicted octanol–water partition coefficient (Wildman–Crippen LogP) is 2.32. The molecule has 2 aromatic rings. The van der Waals surface area contributed by atoms with Crippen LogP contribution in [0.2, 0.25) is 0 Å². The van der Waals surface area contributed by atoms with Crippen molar-refractivity contribution in [2.75, 3.05) is 26.0 Å². The Hall–Kier alpha value is -2.70. The molecule has 0 bridgehead atoms. The van der Waals surface area contributed by atoms with Crippen LogP contribution in [0.3, 0.4) is 0 Å². The molecule has 0 saturated carbocycles. The van der Waals surface area contributed by atoms with Crippen molar-refractivity contribution in [1.82, 2.24) is 16.0 Å². The highest BCUT2D eigenvalue weighted by atomic mass is 16.2. The molecule has 0 radical (unpaired) electrons. The van der Waals surface area contributed by atoms with Crippen LogP contribution in [0, 0.1) is 0 Å². The molecule has 0 spiro atoms. The fourth-order valence-electron chi connectivity index (χ4n) is 2.58. The molecule has 0 saturated heterocycles. The van der Waals surface area contributed by atoms with Gasteiger partial charge in [-0.25, -0.2) is 0 Å². The fourth-order valence-corrected chi connectivity index (χ4v) is 2.58. The van der Waals surface area contributed by atoms with Crippen molar-refractivity contribution in [1.29, 1.82) is 0 Å². The van der Waals surface area contributed by atoms with E-state index in [1.165, 1.54) is 0 Å². The van der Waals surface area contributed by atoms with Crippen LogP contribution >= 0.6 is 0 Å². The number of carbonyl (C=O) groups is 2. The molecule has 1 unspecified atom stereocenters. The Balaban J connectivity index is 0.00000190. The second-order valence-corrected chi connectivity index (χ2v) is 6.02. The summed E-state index contributed by atoms with van der Waals surface area (Å²) in [6.45, 7) is 4.71. The first kappa shape index (κ1) is 23.3. The van der Waals surface area contributed by atoms with Gasteiger partial charge in [-0.3, -0.25) is 9.59 Å². The summed E-state index contributed by atoms with van der Waals surface area (Å²) in [6.07, 6.45) is 0.567. The lowest BCUT2D eigenvalue weighted by Gasteiger charge is -2.16. The third kappa shape index (κ3) is 8.33. The first-order valence-corrected chi connectivity index (χ1v) is 9.64. The van der Waals surface area contributed by atoms with Crippen LogP contribution < -0.4 is 21.3 Å². The van der Waals surface area contributed by atoms with Gasteiger partial charge in [0.1, 0.15) is 0 Å². The molecule has 2 aromatic carbocycles. The lowest BCUT2D eigenvalue weighted by atomic mass is 10.1. The van der Waals surface area contributed by atoms with E-state index in [4.69, 9.17) is 0 Å². The minimum atomic E-state index is -0.383. The average molecular weight is 385 g/mol. The SMILES string of the molecule is CC.CNCc1ccc(NC(=O)CNC(=O)C(Cc2ccccc2)NC)cc1. The number of hydrogen-bond acceptors (Lipinski definition) is 4. The van der Waals surface area contributed by atoms with E-state index in [9.17, 15) is 9.59 Å². The molecule has 28 heavy (non-hydrogen) atoms. The van der Waals surface area contributed by atoms with Crippen molar-refractivity contribution >= 4 is 17.5 Å². The third-order valence-corrected chi connectivity index (χ3v) is 3.99. The fraction of sp³-hybridized carbons (Fsp3) is 0.364. The van der Waals surface area contributed by atoms with Crippen LogP contribution in [0.15, 0.2) is 54.6 Å². The van der Waals surface area contributed by atoms with E-state index in [0.717, 1.165) is 17.7 Å². The van der Waals surface area contributed by atoms with Crippen LogP contribution in [-0.4, -0.2) is 38.5 Å². The third-order valence-electron chi connectivity index (χ3n) is 3.99. The Morgan fingerprint density at radius 2 is 1.54 bits per heavy atom. The first-order chi connectivity index (χ1) is 13.6. The summed E-state index contributed by atoms with van der Waals surface area (Å²) in [7, 11) is 3.62. The molecular weight excluding hydrogens is 352 g/mol. The number of likely N-dealkylation sites (N-methyl/N-ethyl adjacent to an activating group) is 1. The molecule has 152 valence electrons. The van der Waals surface area contributed by atoms with Gasteiger partial charge in [-0.2, -0.15) is 0 Å². The number of anilines is 1. The topological polar surface area (TPSA) is 82.3 Å². The van der Waals surface area contributed by atoms with E-state index >= 15 is 0 Å². The monoisotopic (exact) mass is 384 g/mol. The van der Waals surface area contributed by atoms with Gasteiger partial charge in [0.2, 0.25) is 11.8 Å². The molecule has 0 aliphatic rings. The number of benzene rings is 2. The Labute approximate surface area is 168 Å². The number of amides is 2. The summed E-state index contributed by atoms with van der Waals surface area (Å²) >= 11 is 0. The number of hydrogen-bond donors (Lipinski definition) is 4. The van der Waals surface area contributed by atoms with Crippen LogP contribution in [-0.2, 0) is 22.6 Å². The normalized spacial score (nSPS) is 11.0. The van der Waals surface area contributed by atoms with Gasteiger partial charge in [0, 0.05) is 12.2 Å². The summed E-state index contributed by atoms with van der Waals surface area (Å²) < 4.78 is 0. The highest BCUT2D eigenvalue weighted by molar-refractivity contribution is 5.95. The standard InChI is InChI=1S/C20H26N4O2.C2H6/c1-21-13-16-8-10-17(11-9-16)24-19(25)14-23-20(26)18(22-2)12-15-6-4-3-5-7-15;1-2/h3-11,18,21-22H,12-14H2,1-2H3,(H,23,26)(H,24,25);1-2H3. The lowest BCUT2D eigenvalue weighted by Crippen LogP contribution is -2.46. The minimum Gasteiger partial charge on any atom is -0.346 e. The lowest BCUT2D eigenvalue weighted by molar-refractivity contribution is -0.125. The Kier molecular flexibility index (Phi) is 11.2. The van der Waals surface area contributed by atoms with Crippen molar-refractivity contribution in [2.45, 2.75) is 32.9 Å². The molecule has 0 aliphatic heterocycles. The number of carbonyl (C=O) groups excluding carboxylic acids is 2. The van der Waals surface area contributed by atoms with Crippen molar-refractivity contribution in [2.24, 2.45) is 0 Å². The summed E-state index contributed by atoms with van der Waals surface area (Å²) in [5.41, 5.74) is 2.91. The molecule has 2 amide bonds. The van der Waals surface area contributed by atoms with Crippen LogP contribution in [0.1, 0.15) is 25.0 Å². The van der Waals surface area contributed by atoms with Crippen molar-refractivity contribution in [3.05, 3.63) is 65.7 Å².